The van der Waals surface area contributed by atoms with Gasteiger partial charge in [-0.1, -0.05) is 30.3 Å². The highest BCUT2D eigenvalue weighted by Crippen LogP contribution is 2.09. The Kier molecular flexibility index (Phi) is 3.77. The Morgan fingerprint density at radius 3 is 2.39 bits per heavy atom. The van der Waals surface area contributed by atoms with E-state index >= 15 is 0 Å². The van der Waals surface area contributed by atoms with Crippen molar-refractivity contribution in [3.8, 4) is 0 Å². The molecule has 96 valence electrons. The zero-order valence-electron chi connectivity index (χ0n) is 11.1. The highest BCUT2D eigenvalue weighted by molar-refractivity contribution is 5.17. The van der Waals surface area contributed by atoms with Gasteiger partial charge in [-0.3, -0.25) is 0 Å². The third-order valence-corrected chi connectivity index (χ3v) is 2.48. The van der Waals surface area contributed by atoms with E-state index in [1.165, 1.54) is 5.56 Å². The van der Waals surface area contributed by atoms with E-state index in [-0.39, 0.29) is 5.54 Å². The monoisotopic (exact) mass is 245 g/mol. The minimum atomic E-state index is 0.0497. The first-order chi connectivity index (χ1) is 8.53. The molecule has 0 atom stereocenters. The van der Waals surface area contributed by atoms with Crippen molar-refractivity contribution in [1.82, 2.24) is 15.5 Å². The van der Waals surface area contributed by atoms with Crippen LogP contribution in [0.2, 0.25) is 0 Å². The van der Waals surface area contributed by atoms with E-state index in [4.69, 9.17) is 4.42 Å². The quantitative estimate of drug-likeness (QED) is 0.899. The molecule has 2 aromatic rings. The minimum absolute atomic E-state index is 0.0497. The molecule has 0 aliphatic heterocycles. The molecule has 0 bridgehead atoms. The Labute approximate surface area is 107 Å². The molecule has 1 aromatic heterocycles. The molecule has 2 rings (SSSR count). The molecule has 1 aromatic carbocycles. The third-order valence-electron chi connectivity index (χ3n) is 2.48. The molecule has 0 radical (unpaired) electrons. The van der Waals surface area contributed by atoms with Crippen LogP contribution in [0.25, 0.3) is 0 Å². The Bertz CT molecular complexity index is 485. The maximum Gasteiger partial charge on any atom is 0.230 e. The van der Waals surface area contributed by atoms with Crippen molar-refractivity contribution < 1.29 is 4.42 Å². The molecule has 1 N–H and O–H groups in total. The average molecular weight is 245 g/mol. The average Bonchev–Trinajstić information content (AvgIpc) is 2.75. The second-order valence-electron chi connectivity index (χ2n) is 5.36. The van der Waals surface area contributed by atoms with Crippen LogP contribution in [0, 0.1) is 0 Å². The molecule has 4 nitrogen and oxygen atoms in total. The van der Waals surface area contributed by atoms with Gasteiger partial charge in [0.1, 0.15) is 0 Å². The predicted molar refractivity (Wildman–Crippen MR) is 70.1 cm³/mol. The molecule has 18 heavy (non-hydrogen) atoms. The van der Waals surface area contributed by atoms with Gasteiger partial charge < -0.3 is 9.73 Å². The van der Waals surface area contributed by atoms with E-state index < -0.39 is 0 Å². The van der Waals surface area contributed by atoms with Crippen molar-refractivity contribution in [2.45, 2.75) is 39.3 Å². The summed E-state index contributed by atoms with van der Waals surface area (Å²) in [5.74, 6) is 1.29. The maximum atomic E-state index is 5.60. The first-order valence-electron chi connectivity index (χ1n) is 6.13. The van der Waals surface area contributed by atoms with E-state index in [1.807, 2.05) is 18.2 Å². The van der Waals surface area contributed by atoms with Crippen LogP contribution >= 0.6 is 0 Å². The summed E-state index contributed by atoms with van der Waals surface area (Å²) in [6.07, 6.45) is 0.684. The van der Waals surface area contributed by atoms with Crippen LogP contribution in [0.1, 0.15) is 38.1 Å². The van der Waals surface area contributed by atoms with Gasteiger partial charge in [0, 0.05) is 5.54 Å². The van der Waals surface area contributed by atoms with E-state index in [2.05, 4.69) is 48.4 Å². The van der Waals surface area contributed by atoms with Gasteiger partial charge in [-0.2, -0.15) is 0 Å². The van der Waals surface area contributed by atoms with Gasteiger partial charge in [-0.05, 0) is 26.3 Å². The Morgan fingerprint density at radius 2 is 1.72 bits per heavy atom. The van der Waals surface area contributed by atoms with E-state index in [0.717, 1.165) is 0 Å². The second kappa shape index (κ2) is 5.31. The van der Waals surface area contributed by atoms with Gasteiger partial charge in [0.2, 0.25) is 11.8 Å². The summed E-state index contributed by atoms with van der Waals surface area (Å²) in [5, 5.41) is 11.4. The van der Waals surface area contributed by atoms with Crippen LogP contribution in [-0.4, -0.2) is 15.7 Å². The Balaban J connectivity index is 1.94. The molecular formula is C14H19N3O. The normalized spacial score (nSPS) is 11.7. The smallest absolute Gasteiger partial charge is 0.230 e. The van der Waals surface area contributed by atoms with Crippen LogP contribution in [0.4, 0.5) is 0 Å². The van der Waals surface area contributed by atoms with Gasteiger partial charge >= 0.3 is 0 Å². The fourth-order valence-corrected chi connectivity index (χ4v) is 1.54. The zero-order chi connectivity index (χ0) is 13.0. The van der Waals surface area contributed by atoms with Crippen molar-refractivity contribution in [3.63, 3.8) is 0 Å². The van der Waals surface area contributed by atoms with Crippen molar-refractivity contribution >= 4 is 0 Å². The van der Waals surface area contributed by atoms with Gasteiger partial charge in [0.05, 0.1) is 13.0 Å². The number of hydrogen-bond donors (Lipinski definition) is 1. The summed E-state index contributed by atoms with van der Waals surface area (Å²) in [7, 11) is 0. The first kappa shape index (κ1) is 12.8. The molecular weight excluding hydrogens is 226 g/mol. The van der Waals surface area contributed by atoms with Crippen molar-refractivity contribution in [2.24, 2.45) is 0 Å². The number of nitrogens with one attached hydrogen (secondary N) is 1. The number of benzene rings is 1. The highest BCUT2D eigenvalue weighted by atomic mass is 16.4. The summed E-state index contributed by atoms with van der Waals surface area (Å²) >= 11 is 0. The fourth-order valence-electron chi connectivity index (χ4n) is 1.54. The minimum Gasteiger partial charge on any atom is -0.424 e. The molecule has 0 spiro atoms. The van der Waals surface area contributed by atoms with Crippen LogP contribution in [0.15, 0.2) is 34.7 Å². The highest BCUT2D eigenvalue weighted by Gasteiger charge is 2.12. The molecule has 0 amide bonds. The lowest BCUT2D eigenvalue weighted by molar-refractivity contribution is 0.373. The first-order valence-corrected chi connectivity index (χ1v) is 6.13. The summed E-state index contributed by atoms with van der Waals surface area (Å²) in [5.41, 5.74) is 1.23. The topological polar surface area (TPSA) is 51.0 Å². The van der Waals surface area contributed by atoms with Crippen molar-refractivity contribution in [3.05, 3.63) is 47.7 Å². The lowest BCUT2D eigenvalue weighted by Crippen LogP contribution is -2.35. The lowest BCUT2D eigenvalue weighted by Gasteiger charge is -2.18. The number of hydrogen-bond acceptors (Lipinski definition) is 4. The molecule has 4 heteroatoms. The molecule has 0 fully saturated rings. The number of aromatic nitrogens is 2. The SMILES string of the molecule is CC(C)(C)NCc1nnc(Cc2ccccc2)o1. The summed E-state index contributed by atoms with van der Waals surface area (Å²) in [6.45, 7) is 6.92. The van der Waals surface area contributed by atoms with E-state index in [1.54, 1.807) is 0 Å². The molecule has 0 aliphatic rings. The van der Waals surface area contributed by atoms with Gasteiger partial charge in [-0.25, -0.2) is 0 Å². The summed E-state index contributed by atoms with van der Waals surface area (Å²) < 4.78 is 5.60. The lowest BCUT2D eigenvalue weighted by atomic mass is 10.1. The molecule has 0 saturated heterocycles. The summed E-state index contributed by atoms with van der Waals surface area (Å²) in [6, 6.07) is 10.1. The van der Waals surface area contributed by atoms with Gasteiger partial charge in [-0.15, -0.1) is 10.2 Å². The predicted octanol–water partition coefficient (Wildman–Crippen LogP) is 2.55. The van der Waals surface area contributed by atoms with Crippen LogP contribution in [0.3, 0.4) is 0 Å². The molecule has 0 saturated carbocycles. The molecule has 0 aliphatic carbocycles. The largest absolute Gasteiger partial charge is 0.424 e. The van der Waals surface area contributed by atoms with E-state index in [0.29, 0.717) is 24.7 Å². The standard InChI is InChI=1S/C14H19N3O/c1-14(2,3)15-10-13-17-16-12(18-13)9-11-7-5-4-6-8-11/h4-8,15H,9-10H2,1-3H3. The third kappa shape index (κ3) is 3.96. The molecule has 1 heterocycles. The van der Waals surface area contributed by atoms with Gasteiger partial charge in [0.15, 0.2) is 0 Å². The number of rotatable bonds is 4. The zero-order valence-corrected chi connectivity index (χ0v) is 11.1. The fraction of sp³-hybridized carbons (Fsp3) is 0.429. The second-order valence-corrected chi connectivity index (χ2v) is 5.36. The van der Waals surface area contributed by atoms with Crippen molar-refractivity contribution in [1.29, 1.82) is 0 Å². The Morgan fingerprint density at radius 1 is 1.06 bits per heavy atom. The summed E-state index contributed by atoms with van der Waals surface area (Å²) in [4.78, 5) is 0. The van der Waals surface area contributed by atoms with Crippen LogP contribution in [0.5, 0.6) is 0 Å². The molecule has 0 unspecified atom stereocenters. The Hall–Kier alpha value is -1.68. The van der Waals surface area contributed by atoms with Crippen LogP contribution < -0.4 is 5.32 Å². The maximum absolute atomic E-state index is 5.60. The van der Waals surface area contributed by atoms with E-state index in [9.17, 15) is 0 Å². The van der Waals surface area contributed by atoms with Crippen molar-refractivity contribution in [2.75, 3.05) is 0 Å². The van der Waals surface area contributed by atoms with Gasteiger partial charge in [0.25, 0.3) is 0 Å². The van der Waals surface area contributed by atoms with Crippen LogP contribution in [-0.2, 0) is 13.0 Å². The number of nitrogens with zero attached hydrogens (tertiary/aromatic N) is 2.